The Bertz CT molecular complexity index is 1940. The van der Waals surface area contributed by atoms with Crippen molar-refractivity contribution in [2.75, 3.05) is 77.5 Å². The van der Waals surface area contributed by atoms with Crippen molar-refractivity contribution in [1.82, 2.24) is 21.3 Å². The summed E-state index contributed by atoms with van der Waals surface area (Å²) in [6, 6.07) is -0.634. The number of hydrogen-bond acceptors (Lipinski definition) is 21. The number of nitrogens with one attached hydrogen (secondary N) is 4. The number of alkyl carbamates (subject to hydrolysis) is 4. The zero-order valence-electron chi connectivity index (χ0n) is 65.4. The fraction of sp³-hybridized carbons (Fsp3) is 0.933. The summed E-state index contributed by atoms with van der Waals surface area (Å²) < 4.78 is 65.4. The summed E-state index contributed by atoms with van der Waals surface area (Å²) in [5.41, 5.74) is 9.45. The Hall–Kier alpha value is -3.16. The molecule has 7 saturated heterocycles. The maximum absolute atomic E-state index is 11.7. The summed E-state index contributed by atoms with van der Waals surface area (Å²) in [5.74, 6) is -0.481. The number of aliphatic hydroxyl groups is 2. The highest BCUT2D eigenvalue weighted by molar-refractivity contribution is 14.1. The summed E-state index contributed by atoms with van der Waals surface area (Å²) in [5, 5.41) is 28.8. The minimum absolute atomic E-state index is 0.0252. The molecule has 10 N–H and O–H groups in total. The molecule has 596 valence electrons. The van der Waals surface area contributed by atoms with E-state index in [2.05, 4.69) is 57.7 Å². The molecular formula is C75H145IN6O19. The number of hydrogen-bond donors (Lipinski definition) is 8. The molecule has 0 aromatic rings. The lowest BCUT2D eigenvalue weighted by Crippen LogP contribution is -2.46. The van der Waals surface area contributed by atoms with Gasteiger partial charge >= 0.3 is 30.3 Å². The number of aliphatic hydroxyl groups excluding tert-OH is 2. The van der Waals surface area contributed by atoms with E-state index in [9.17, 15) is 29.1 Å². The molecule has 7 rings (SSSR count). The van der Waals surface area contributed by atoms with E-state index < -0.39 is 52.7 Å². The summed E-state index contributed by atoms with van der Waals surface area (Å²) >= 11 is 2.38. The van der Waals surface area contributed by atoms with Crippen LogP contribution in [0.5, 0.6) is 0 Å². The molecule has 0 aromatic heterocycles. The maximum Gasteiger partial charge on any atom is 0.408 e. The minimum Gasteiger partial charge on any atom is -0.467 e. The third-order valence-corrected chi connectivity index (χ3v) is 17.8. The lowest BCUT2D eigenvalue weighted by molar-refractivity contribution is -0.144. The Morgan fingerprint density at radius 1 is 0.416 bits per heavy atom. The average Bonchev–Trinajstić information content (AvgIpc) is 0.918. The fourth-order valence-electron chi connectivity index (χ4n) is 11.5. The van der Waals surface area contributed by atoms with Crippen molar-refractivity contribution in [3.63, 3.8) is 0 Å². The van der Waals surface area contributed by atoms with Gasteiger partial charge in [0.2, 0.25) is 0 Å². The van der Waals surface area contributed by atoms with E-state index in [1.165, 1.54) is 64.9 Å². The first-order valence-corrected chi connectivity index (χ1v) is 39.9. The molecule has 0 bridgehead atoms. The Balaban J connectivity index is 0.000000602. The zero-order valence-corrected chi connectivity index (χ0v) is 67.5. The standard InChI is InChI=1S/C14H25NO5.C14H27NO3.C13H26N2O3.C13H25NO4.C9H19NO.C6H11IO.C6H12O2/c1-14(2,3)20-13(17)15-11(12(16)18-4)9-10-7-5-6-8-19-10;1-5-11(10-12-8-6-7-9-17-12)15-13(16)18-14(2,3)4;1-13(2,3)18-12(16)15-10(9-14)8-11-6-4-5-7-17-11;1-13(2,3)18-12(16)14-10(9-15)8-11-6-4-5-7-17-11;1-2-8(10)7-9-5-3-4-6-11-9;2*7-5-6-3-1-2-4-8-6/h10-11H,5-9H2,1-4H3,(H,15,17);11-12H,5-10H2,1-4H3,(H,15,16);10-11H,4-9,14H2,1-3H3,(H,15,16);10-11,15H,4-9H2,1-3H3,(H,14,16);8-9H,2-7,10H2,1H3;6H,1-5H2;6-7H,1-5H2/t10?,11-;11-,12?;2*10-,11?;8-,9?;;/m01001../s1. The van der Waals surface area contributed by atoms with Gasteiger partial charge in [0.15, 0.2) is 0 Å². The molecule has 7 heterocycles. The number of amides is 4. The third-order valence-electron chi connectivity index (χ3n) is 16.9. The first-order chi connectivity index (χ1) is 47.7. The molecule has 101 heavy (non-hydrogen) atoms. The van der Waals surface area contributed by atoms with Gasteiger partial charge in [0.05, 0.1) is 69.1 Å². The van der Waals surface area contributed by atoms with Crippen molar-refractivity contribution in [3.05, 3.63) is 0 Å². The largest absolute Gasteiger partial charge is 0.467 e. The van der Waals surface area contributed by atoms with Crippen LogP contribution in [0, 0.1) is 0 Å². The Morgan fingerprint density at radius 2 is 0.703 bits per heavy atom. The highest BCUT2D eigenvalue weighted by Crippen LogP contribution is 2.24. The summed E-state index contributed by atoms with van der Waals surface area (Å²) in [4.78, 5) is 58.4. The van der Waals surface area contributed by atoms with Gasteiger partial charge in [-0.15, -0.1) is 0 Å². The molecule has 0 radical (unpaired) electrons. The van der Waals surface area contributed by atoms with E-state index >= 15 is 0 Å². The number of nitrogens with two attached hydrogens (primary N) is 2. The van der Waals surface area contributed by atoms with Crippen molar-refractivity contribution in [2.24, 2.45) is 11.5 Å². The zero-order chi connectivity index (χ0) is 75.7. The predicted octanol–water partition coefficient (Wildman–Crippen LogP) is 13.1. The fourth-order valence-corrected chi connectivity index (χ4v) is 12.2. The Kier molecular flexibility index (Phi) is 52.5. The van der Waals surface area contributed by atoms with Crippen LogP contribution < -0.4 is 32.7 Å². The molecule has 7 aliphatic heterocycles. The van der Waals surface area contributed by atoms with Crippen molar-refractivity contribution >= 4 is 52.9 Å². The van der Waals surface area contributed by atoms with Gasteiger partial charge in [-0.3, -0.25) is 0 Å². The second-order valence-corrected chi connectivity index (χ2v) is 32.1. The number of esters is 1. The van der Waals surface area contributed by atoms with Gasteiger partial charge in [0, 0.05) is 81.8 Å². The number of carbonyl (C=O) groups excluding carboxylic acids is 5. The van der Waals surface area contributed by atoms with Crippen molar-refractivity contribution < 1.29 is 91.0 Å². The number of ether oxygens (including phenoxy) is 12. The number of halogens is 1. The Labute approximate surface area is 623 Å². The monoisotopic (exact) mass is 1560 g/mol. The molecule has 0 saturated carbocycles. The van der Waals surface area contributed by atoms with E-state index in [0.717, 1.165) is 153 Å². The molecule has 0 aliphatic carbocycles. The van der Waals surface area contributed by atoms with Crippen molar-refractivity contribution in [1.29, 1.82) is 0 Å². The molecule has 4 amide bonds. The second kappa shape index (κ2) is 55.3. The SMILES string of the molecule is CC(C)(C)OC(=O)N[C@H](CN)CC1CCCCO1.CC(C)(C)OC(=O)N[C@H](CO)CC1CCCCO1.CC[C@@H](N)CC1CCCCO1.CC[C@H](CC1CCCCO1)NC(=O)OC(C)(C)C.COC(=O)[C@H](CC1CCCCO1)NC(=O)OC(C)(C)C.ICC1CCCCO1.OCC1CCCCO1. The third kappa shape index (κ3) is 54.1. The van der Waals surface area contributed by atoms with Crippen molar-refractivity contribution in [2.45, 2.75) is 372 Å². The molecular weight excluding hydrogens is 1420 g/mol. The molecule has 7 aliphatic rings. The molecule has 12 atom stereocenters. The molecule has 7 fully saturated rings. The van der Waals surface area contributed by atoms with Gasteiger partial charge in [0.25, 0.3) is 0 Å². The van der Waals surface area contributed by atoms with E-state index in [4.69, 9.17) is 73.4 Å². The quantitative estimate of drug-likeness (QED) is 0.0229. The predicted molar refractivity (Wildman–Crippen MR) is 404 cm³/mol. The topological polar surface area (TPSA) is 337 Å². The van der Waals surface area contributed by atoms with Crippen molar-refractivity contribution in [3.8, 4) is 0 Å². The minimum atomic E-state index is -0.738. The highest BCUT2D eigenvalue weighted by Gasteiger charge is 2.31. The van der Waals surface area contributed by atoms with Crippen LogP contribution in [0.2, 0.25) is 0 Å². The van der Waals surface area contributed by atoms with Crippen LogP contribution in [0.15, 0.2) is 0 Å². The van der Waals surface area contributed by atoms with E-state index in [1.807, 2.05) is 62.3 Å². The van der Waals surface area contributed by atoms with Gasteiger partial charge in [-0.25, -0.2) is 24.0 Å². The summed E-state index contributed by atoms with van der Waals surface area (Å²) in [6.07, 6.45) is 29.9. The number of methoxy groups -OCH3 is 1. The average molecular weight is 1560 g/mol. The van der Waals surface area contributed by atoms with Crippen LogP contribution in [-0.2, 0) is 61.6 Å². The van der Waals surface area contributed by atoms with Crippen LogP contribution in [0.25, 0.3) is 0 Å². The van der Waals surface area contributed by atoms with Crippen LogP contribution in [-0.4, -0.2) is 213 Å². The first kappa shape index (κ1) is 95.9. The van der Waals surface area contributed by atoms with Gasteiger partial charge in [-0.2, -0.15) is 0 Å². The summed E-state index contributed by atoms with van der Waals surface area (Å²) in [7, 11) is 1.30. The lowest BCUT2D eigenvalue weighted by atomic mass is 10.0. The van der Waals surface area contributed by atoms with Gasteiger partial charge in [-0.05, 0) is 256 Å². The normalized spacial score (nSPS) is 24.0. The second-order valence-electron chi connectivity index (χ2n) is 31.2. The molecule has 25 nitrogen and oxygen atoms in total. The van der Waals surface area contributed by atoms with Crippen LogP contribution in [0.4, 0.5) is 19.2 Å². The highest BCUT2D eigenvalue weighted by atomic mass is 127. The Morgan fingerprint density at radius 3 is 0.960 bits per heavy atom. The van der Waals surface area contributed by atoms with E-state index in [1.54, 1.807) is 20.8 Å². The first-order valence-electron chi connectivity index (χ1n) is 38.3. The van der Waals surface area contributed by atoms with Crippen LogP contribution >= 0.6 is 22.6 Å². The lowest BCUT2D eigenvalue weighted by Gasteiger charge is -2.28. The number of rotatable bonds is 21. The molecule has 26 heteroatoms. The summed E-state index contributed by atoms with van der Waals surface area (Å²) in [6.45, 7) is 32.5. The smallest absolute Gasteiger partial charge is 0.408 e. The van der Waals surface area contributed by atoms with Crippen LogP contribution in [0.3, 0.4) is 0 Å². The van der Waals surface area contributed by atoms with Gasteiger partial charge in [0.1, 0.15) is 28.4 Å². The molecule has 7 unspecified atom stereocenters. The van der Waals surface area contributed by atoms with Gasteiger partial charge < -0.3 is 99.8 Å². The number of alkyl halides is 1. The number of carbonyl (C=O) groups is 5. The van der Waals surface area contributed by atoms with Gasteiger partial charge in [-0.1, -0.05) is 36.4 Å². The maximum atomic E-state index is 11.7. The molecule has 0 aromatic carbocycles. The molecule has 0 spiro atoms. The van der Waals surface area contributed by atoms with Crippen LogP contribution in [0.1, 0.15) is 277 Å². The van der Waals surface area contributed by atoms with E-state index in [-0.39, 0.29) is 61.8 Å². The van der Waals surface area contributed by atoms with E-state index in [0.29, 0.717) is 50.3 Å².